The summed E-state index contributed by atoms with van der Waals surface area (Å²) < 4.78 is 0. The van der Waals surface area contributed by atoms with E-state index in [1.54, 1.807) is 0 Å². The largest absolute Gasteiger partial charge is 0.508 e. The van der Waals surface area contributed by atoms with E-state index < -0.39 is 13.0 Å². The number of phenols is 1. The van der Waals surface area contributed by atoms with Crippen LogP contribution in [0.1, 0.15) is 26.3 Å². The van der Waals surface area contributed by atoms with Crippen LogP contribution in [0, 0.1) is 10.1 Å². The van der Waals surface area contributed by atoms with Gasteiger partial charge in [-0.1, -0.05) is 40.4 Å². The number of nitrogens with zero attached hydrogens (tertiary/aromatic N) is 1. The molecule has 0 bridgehead atoms. The molecule has 1 rings (SSSR count). The molecule has 0 unspecified atom stereocenters. The van der Waals surface area contributed by atoms with Gasteiger partial charge in [-0.05, 0) is 16.7 Å². The number of rotatable bonds is 2. The molecule has 0 saturated carbocycles. The average Bonchev–Trinajstić information content (AvgIpc) is 2.12. The van der Waals surface area contributed by atoms with Crippen molar-refractivity contribution in [2.75, 3.05) is 0 Å². The molecule has 0 heterocycles. The minimum atomic E-state index is -1.72. The maximum Gasteiger partial charge on any atom is 0.276 e. The van der Waals surface area contributed by atoms with Crippen LogP contribution in [0.3, 0.4) is 0 Å². The number of nitro benzene ring substituents is 1. The van der Waals surface area contributed by atoms with Gasteiger partial charge in [-0.25, -0.2) is 0 Å². The average molecular weight is 267 g/mol. The first-order chi connectivity index (χ1) is 7.94. The standard InChI is InChI=1S/C13H21NO3Si/c1-13(2,3)9-7-12(18(4,5)6)11(15)8-10(9)14(16)17/h7-8,15H,1-6H3. The molecular formula is C13H21NO3Si. The maximum atomic E-state index is 11.1. The molecule has 0 saturated heterocycles. The quantitative estimate of drug-likeness (QED) is 0.508. The number of benzene rings is 1. The van der Waals surface area contributed by atoms with Crippen molar-refractivity contribution >= 4 is 18.9 Å². The Morgan fingerprint density at radius 2 is 1.72 bits per heavy atom. The van der Waals surface area contributed by atoms with Crippen molar-refractivity contribution in [1.82, 2.24) is 0 Å². The summed E-state index contributed by atoms with van der Waals surface area (Å²) in [5.74, 6) is 0.0499. The molecule has 5 heteroatoms. The van der Waals surface area contributed by atoms with Crippen molar-refractivity contribution in [1.29, 1.82) is 0 Å². The Balaban J connectivity index is 3.62. The second kappa shape index (κ2) is 4.39. The highest BCUT2D eigenvalue weighted by Gasteiger charge is 2.30. The van der Waals surface area contributed by atoms with Crippen LogP contribution >= 0.6 is 0 Å². The molecule has 100 valence electrons. The van der Waals surface area contributed by atoms with E-state index in [0.717, 1.165) is 5.19 Å². The van der Waals surface area contributed by atoms with Gasteiger partial charge in [0.25, 0.3) is 5.69 Å². The van der Waals surface area contributed by atoms with Crippen LogP contribution in [0.4, 0.5) is 5.69 Å². The Morgan fingerprint density at radius 3 is 2.06 bits per heavy atom. The van der Waals surface area contributed by atoms with E-state index >= 15 is 0 Å². The predicted octanol–water partition coefficient (Wildman–Crippen LogP) is 3.14. The van der Waals surface area contributed by atoms with Crippen LogP contribution in [0.25, 0.3) is 0 Å². The fourth-order valence-corrected chi connectivity index (χ4v) is 3.35. The Labute approximate surface area is 109 Å². The lowest BCUT2D eigenvalue weighted by atomic mass is 9.86. The van der Waals surface area contributed by atoms with Gasteiger partial charge < -0.3 is 5.11 Å². The van der Waals surface area contributed by atoms with Gasteiger partial charge in [0.15, 0.2) is 0 Å². The fourth-order valence-electron chi connectivity index (χ4n) is 1.93. The lowest BCUT2D eigenvalue weighted by Gasteiger charge is -2.24. The van der Waals surface area contributed by atoms with Crippen LogP contribution in [0.15, 0.2) is 12.1 Å². The molecule has 0 fully saturated rings. The van der Waals surface area contributed by atoms with Crippen molar-refractivity contribution in [3.05, 3.63) is 27.8 Å². The van der Waals surface area contributed by atoms with Crippen LogP contribution in [0.5, 0.6) is 5.75 Å². The molecule has 18 heavy (non-hydrogen) atoms. The number of nitro groups is 1. The summed E-state index contributed by atoms with van der Waals surface area (Å²) in [6.07, 6.45) is 0. The first kappa shape index (κ1) is 14.7. The summed E-state index contributed by atoms with van der Waals surface area (Å²) in [6, 6.07) is 3.12. The van der Waals surface area contributed by atoms with E-state index in [1.807, 2.05) is 26.8 Å². The van der Waals surface area contributed by atoms with Gasteiger partial charge in [-0.2, -0.15) is 0 Å². The van der Waals surface area contributed by atoms with Crippen molar-refractivity contribution in [2.24, 2.45) is 0 Å². The summed E-state index contributed by atoms with van der Waals surface area (Å²) in [5, 5.41) is 22.0. The van der Waals surface area contributed by atoms with Crippen LogP contribution in [-0.2, 0) is 5.41 Å². The van der Waals surface area contributed by atoms with Gasteiger partial charge >= 0.3 is 0 Å². The van der Waals surface area contributed by atoms with Crippen LogP contribution < -0.4 is 5.19 Å². The molecule has 0 aliphatic rings. The third kappa shape index (κ3) is 2.90. The van der Waals surface area contributed by atoms with Gasteiger partial charge in [-0.3, -0.25) is 10.1 Å². The lowest BCUT2D eigenvalue weighted by molar-refractivity contribution is -0.386. The number of hydrogen-bond donors (Lipinski definition) is 1. The highest BCUT2D eigenvalue weighted by Crippen LogP contribution is 2.33. The highest BCUT2D eigenvalue weighted by atomic mass is 28.3. The molecule has 0 spiro atoms. The molecule has 1 aromatic carbocycles. The van der Waals surface area contributed by atoms with E-state index in [-0.39, 0.29) is 16.9 Å². The minimum absolute atomic E-state index is 0.00185. The Bertz CT molecular complexity index is 484. The smallest absolute Gasteiger partial charge is 0.276 e. The zero-order valence-electron chi connectivity index (χ0n) is 11.9. The Kier molecular flexibility index (Phi) is 3.58. The first-order valence-corrected chi connectivity index (χ1v) is 9.47. The van der Waals surface area contributed by atoms with Gasteiger partial charge in [0.1, 0.15) is 5.75 Å². The lowest BCUT2D eigenvalue weighted by Crippen LogP contribution is -2.38. The highest BCUT2D eigenvalue weighted by molar-refractivity contribution is 6.89. The first-order valence-electron chi connectivity index (χ1n) is 5.97. The van der Waals surface area contributed by atoms with Crippen molar-refractivity contribution in [3.63, 3.8) is 0 Å². The predicted molar refractivity (Wildman–Crippen MR) is 76.4 cm³/mol. The zero-order valence-corrected chi connectivity index (χ0v) is 12.9. The second-order valence-electron chi connectivity index (χ2n) is 6.64. The SMILES string of the molecule is CC(C)(C)c1cc([Si](C)(C)C)c(O)cc1[N+](=O)[O-]. The molecule has 0 amide bonds. The fraction of sp³-hybridized carbons (Fsp3) is 0.538. The van der Waals surface area contributed by atoms with Gasteiger partial charge in [0, 0.05) is 5.56 Å². The molecular weight excluding hydrogens is 246 g/mol. The molecule has 4 nitrogen and oxygen atoms in total. The van der Waals surface area contributed by atoms with E-state index in [0.29, 0.717) is 5.56 Å². The molecule has 1 aromatic rings. The summed E-state index contributed by atoms with van der Waals surface area (Å²) in [4.78, 5) is 10.7. The van der Waals surface area contributed by atoms with Crippen molar-refractivity contribution in [2.45, 2.75) is 45.8 Å². The van der Waals surface area contributed by atoms with E-state index in [9.17, 15) is 15.2 Å². The normalized spacial score (nSPS) is 12.6. The maximum absolute atomic E-state index is 11.1. The van der Waals surface area contributed by atoms with E-state index in [2.05, 4.69) is 19.6 Å². The number of aromatic hydroxyl groups is 1. The van der Waals surface area contributed by atoms with Crippen LogP contribution in [0.2, 0.25) is 19.6 Å². The van der Waals surface area contributed by atoms with E-state index in [4.69, 9.17) is 0 Å². The topological polar surface area (TPSA) is 63.4 Å². The zero-order chi connectivity index (χ0) is 14.3. The molecule has 1 N–H and O–H groups in total. The molecule has 0 atom stereocenters. The minimum Gasteiger partial charge on any atom is -0.508 e. The molecule has 0 aliphatic carbocycles. The third-order valence-electron chi connectivity index (χ3n) is 2.93. The summed E-state index contributed by atoms with van der Waals surface area (Å²) in [7, 11) is -1.72. The second-order valence-corrected chi connectivity index (χ2v) is 11.7. The monoisotopic (exact) mass is 267 g/mol. The van der Waals surface area contributed by atoms with E-state index in [1.165, 1.54) is 6.07 Å². The third-order valence-corrected chi connectivity index (χ3v) is 4.94. The van der Waals surface area contributed by atoms with Gasteiger partial charge in [0.2, 0.25) is 0 Å². The van der Waals surface area contributed by atoms with Gasteiger partial charge in [-0.15, -0.1) is 0 Å². The summed E-state index contributed by atoms with van der Waals surface area (Å²) >= 11 is 0. The summed E-state index contributed by atoms with van der Waals surface area (Å²) in [6.45, 7) is 12.2. The number of phenolic OH excluding ortho intramolecular Hbond substituents is 1. The Morgan fingerprint density at radius 1 is 1.22 bits per heavy atom. The molecule has 0 radical (unpaired) electrons. The summed E-state index contributed by atoms with van der Waals surface area (Å²) in [5.41, 5.74) is 0.370. The Hall–Kier alpha value is -1.36. The molecule has 0 aliphatic heterocycles. The van der Waals surface area contributed by atoms with Crippen LogP contribution in [-0.4, -0.2) is 18.1 Å². The van der Waals surface area contributed by atoms with Gasteiger partial charge in [0.05, 0.1) is 19.1 Å². The van der Waals surface area contributed by atoms with Crippen molar-refractivity contribution in [3.8, 4) is 5.75 Å². The molecule has 0 aromatic heterocycles. The van der Waals surface area contributed by atoms with Crippen molar-refractivity contribution < 1.29 is 10.0 Å². The number of hydrogen-bond acceptors (Lipinski definition) is 3.